The summed E-state index contributed by atoms with van der Waals surface area (Å²) >= 11 is 0. The molecule has 4 amide bonds. The number of hydrogen-bond donors (Lipinski definition) is 4. The largest absolute Gasteiger partial charge is 0.444 e. The zero-order valence-electron chi connectivity index (χ0n) is 30.7. The van der Waals surface area contributed by atoms with Gasteiger partial charge in [0.1, 0.15) is 46.7 Å². The summed E-state index contributed by atoms with van der Waals surface area (Å²) in [6.45, 7) is -0.180. The second kappa shape index (κ2) is 15.0. The van der Waals surface area contributed by atoms with Gasteiger partial charge in [-0.1, -0.05) is 37.1 Å². The number of carbonyl (C=O) groups excluding carboxylic acids is 4. The molecule has 4 N–H and O–H groups in total. The van der Waals surface area contributed by atoms with Gasteiger partial charge in [0, 0.05) is 36.8 Å². The van der Waals surface area contributed by atoms with E-state index in [1.54, 1.807) is 18.2 Å². The van der Waals surface area contributed by atoms with E-state index in [4.69, 9.17) is 4.74 Å². The van der Waals surface area contributed by atoms with Crippen molar-refractivity contribution in [3.05, 3.63) is 86.3 Å². The van der Waals surface area contributed by atoms with Crippen molar-refractivity contribution in [2.24, 2.45) is 5.92 Å². The minimum Gasteiger partial charge on any atom is -0.444 e. The number of nitrogens with one attached hydrogen (secondary N) is 4. The highest BCUT2D eigenvalue weighted by Gasteiger charge is 2.62. The lowest BCUT2D eigenvalue weighted by Crippen LogP contribution is -2.57. The van der Waals surface area contributed by atoms with Crippen molar-refractivity contribution in [1.82, 2.24) is 29.8 Å². The molecule has 8 rings (SSSR count). The average Bonchev–Trinajstić information content (AvgIpc) is 4.08. The predicted molar refractivity (Wildman–Crippen MR) is 201 cm³/mol. The van der Waals surface area contributed by atoms with Crippen molar-refractivity contribution < 1.29 is 36.7 Å². The molecule has 1 saturated heterocycles. The van der Waals surface area contributed by atoms with Crippen LogP contribution in [0.1, 0.15) is 68.9 Å². The highest BCUT2D eigenvalue weighted by molar-refractivity contribution is 7.91. The van der Waals surface area contributed by atoms with Crippen LogP contribution in [-0.4, -0.2) is 87.5 Å². The summed E-state index contributed by atoms with van der Waals surface area (Å²) in [6, 6.07) is 2.15. The lowest BCUT2D eigenvalue weighted by molar-refractivity contribution is -0.140. The fraction of sp³-hybridized carbons (Fsp3) is 0.474. The summed E-state index contributed by atoms with van der Waals surface area (Å²) < 4.78 is 48.2. The van der Waals surface area contributed by atoms with E-state index in [1.165, 1.54) is 34.5 Å². The van der Waals surface area contributed by atoms with E-state index >= 15 is 0 Å². The van der Waals surface area contributed by atoms with Gasteiger partial charge in [-0.05, 0) is 50.2 Å². The number of nitrogens with zero attached hydrogens (tertiary/aromatic N) is 4. The summed E-state index contributed by atoms with van der Waals surface area (Å²) in [5, 5.41) is 7.83. The van der Waals surface area contributed by atoms with Crippen LogP contribution >= 0.6 is 0 Å². The number of anilines is 3. The molecule has 19 heteroatoms. The third kappa shape index (κ3) is 7.59. The minimum atomic E-state index is -3.96. The number of benzene rings is 1. The molecular weight excluding hydrogens is 764 g/mol. The van der Waals surface area contributed by atoms with E-state index in [1.807, 2.05) is 6.08 Å². The van der Waals surface area contributed by atoms with Crippen LogP contribution in [0.2, 0.25) is 0 Å². The Morgan fingerprint density at radius 3 is 2.56 bits per heavy atom. The maximum Gasteiger partial charge on any atom is 0.410 e. The molecule has 0 spiro atoms. The molecule has 0 bridgehead atoms. The summed E-state index contributed by atoms with van der Waals surface area (Å²) in [6.07, 6.45) is 9.58. The molecule has 57 heavy (non-hydrogen) atoms. The average molecular weight is 805 g/mol. The van der Waals surface area contributed by atoms with E-state index in [0.717, 1.165) is 0 Å². The van der Waals surface area contributed by atoms with Gasteiger partial charge in [0.25, 0.3) is 16.8 Å². The van der Waals surface area contributed by atoms with E-state index in [0.29, 0.717) is 49.7 Å². The summed E-state index contributed by atoms with van der Waals surface area (Å²) in [5.74, 6) is -3.04. The molecular formula is C38H41FN8O9S. The normalized spacial score (nSPS) is 26.9. The van der Waals surface area contributed by atoms with Crippen LogP contribution in [0.25, 0.3) is 0 Å². The number of hydrogen-bond acceptors (Lipinski definition) is 13. The topological polar surface area (TPSA) is 226 Å². The number of fused-ring (bicyclic) bond motifs is 3. The fourth-order valence-electron chi connectivity index (χ4n) is 7.89. The number of sulfonamides is 1. The first kappa shape index (κ1) is 38.2. The van der Waals surface area contributed by atoms with Crippen molar-refractivity contribution >= 4 is 51.0 Å². The van der Waals surface area contributed by atoms with Gasteiger partial charge in [-0.3, -0.25) is 38.6 Å². The van der Waals surface area contributed by atoms with Gasteiger partial charge in [0.05, 0.1) is 24.5 Å². The van der Waals surface area contributed by atoms with Crippen molar-refractivity contribution in [3.8, 4) is 0 Å². The van der Waals surface area contributed by atoms with Crippen LogP contribution in [0, 0.1) is 11.7 Å². The van der Waals surface area contributed by atoms with E-state index in [2.05, 4.69) is 30.6 Å². The Labute approximate surface area is 326 Å². The highest BCUT2D eigenvalue weighted by Crippen LogP contribution is 2.46. The van der Waals surface area contributed by atoms with Crippen LogP contribution in [0.15, 0.2) is 58.5 Å². The van der Waals surface area contributed by atoms with Crippen LogP contribution in [-0.2, 0) is 42.2 Å². The number of amides is 4. The van der Waals surface area contributed by atoms with Gasteiger partial charge < -0.3 is 25.6 Å². The molecule has 5 atom stereocenters. The van der Waals surface area contributed by atoms with Crippen LogP contribution in [0.3, 0.4) is 0 Å². The first-order chi connectivity index (χ1) is 27.3. The maximum atomic E-state index is 14.6. The Bertz CT molecular complexity index is 2330. The van der Waals surface area contributed by atoms with Gasteiger partial charge in [0.15, 0.2) is 0 Å². The molecule has 0 radical (unpaired) electrons. The lowest BCUT2D eigenvalue weighted by atomic mass is 10.0. The molecule has 3 aliphatic heterocycles. The third-order valence-corrected chi connectivity index (χ3v) is 13.2. The minimum absolute atomic E-state index is 0.0325. The SMILES string of the molecule is O=C1N[C@]2(C(=O)NS(=O)(=O)C3CC3)C[C@H]2/C=C\CCCCCC(Nc2c(Nc3cnccn3)c(=O)c2=O)C(=O)N2C[C@H](OC(=O)N3Cc4cccc(F)c4C3)C[C@@H]12. The van der Waals surface area contributed by atoms with Crippen molar-refractivity contribution in [3.63, 3.8) is 0 Å². The van der Waals surface area contributed by atoms with Crippen LogP contribution in [0.4, 0.5) is 26.4 Å². The Balaban J connectivity index is 1.07. The lowest BCUT2D eigenvalue weighted by Gasteiger charge is -2.30. The van der Waals surface area contributed by atoms with Crippen molar-refractivity contribution in [2.45, 2.75) is 99.9 Å². The summed E-state index contributed by atoms with van der Waals surface area (Å²) in [5.41, 5.74) is -2.52. The maximum absolute atomic E-state index is 14.6. The Hall–Kier alpha value is -5.72. The summed E-state index contributed by atoms with van der Waals surface area (Å²) in [7, 11) is -3.96. The molecule has 17 nitrogen and oxygen atoms in total. The second-order valence-corrected chi connectivity index (χ2v) is 17.3. The molecule has 2 aromatic carbocycles. The molecule has 4 heterocycles. The van der Waals surface area contributed by atoms with Gasteiger partial charge in [0.2, 0.25) is 21.8 Å². The molecule has 3 aromatic rings. The monoisotopic (exact) mass is 804 g/mol. The zero-order chi connectivity index (χ0) is 40.1. The smallest absolute Gasteiger partial charge is 0.410 e. The number of allylic oxidation sites excluding steroid dienone is 1. The van der Waals surface area contributed by atoms with Gasteiger partial charge in [-0.25, -0.2) is 22.6 Å². The zero-order valence-corrected chi connectivity index (χ0v) is 31.6. The number of rotatable bonds is 8. The fourth-order valence-corrected chi connectivity index (χ4v) is 9.25. The highest BCUT2D eigenvalue weighted by atomic mass is 32.2. The number of aromatic nitrogens is 2. The van der Waals surface area contributed by atoms with E-state index in [-0.39, 0.29) is 56.1 Å². The molecule has 3 fully saturated rings. The van der Waals surface area contributed by atoms with E-state index < -0.39 is 85.4 Å². The number of halogens is 1. The molecule has 5 aliphatic rings. The molecule has 2 saturated carbocycles. The van der Waals surface area contributed by atoms with Crippen molar-refractivity contribution in [2.75, 3.05) is 17.2 Å². The summed E-state index contributed by atoms with van der Waals surface area (Å²) in [4.78, 5) is 92.3. The van der Waals surface area contributed by atoms with Gasteiger partial charge in [-0.2, -0.15) is 0 Å². The number of carbonyl (C=O) groups is 4. The number of ether oxygens (including phenoxy) is 1. The van der Waals surface area contributed by atoms with E-state index in [9.17, 15) is 41.6 Å². The third-order valence-electron chi connectivity index (χ3n) is 11.3. The van der Waals surface area contributed by atoms with Crippen LogP contribution in [0.5, 0.6) is 0 Å². The first-order valence-electron chi connectivity index (χ1n) is 19.0. The molecule has 300 valence electrons. The van der Waals surface area contributed by atoms with Gasteiger partial charge >= 0.3 is 6.09 Å². The molecule has 1 unspecified atom stereocenters. The molecule has 2 aliphatic carbocycles. The Morgan fingerprint density at radius 1 is 1.00 bits per heavy atom. The quantitative estimate of drug-likeness (QED) is 0.189. The van der Waals surface area contributed by atoms with Gasteiger partial charge in [-0.15, -0.1) is 0 Å². The van der Waals surface area contributed by atoms with Crippen molar-refractivity contribution in [1.29, 1.82) is 0 Å². The molecule has 1 aromatic heterocycles. The Morgan fingerprint density at radius 2 is 1.81 bits per heavy atom. The second-order valence-electron chi connectivity index (χ2n) is 15.3. The van der Waals surface area contributed by atoms with Crippen LogP contribution < -0.4 is 31.5 Å². The first-order valence-corrected chi connectivity index (χ1v) is 20.6. The predicted octanol–water partition coefficient (Wildman–Crippen LogP) is 1.86. The standard InChI is InChI=1S/C38H41FN8O9S/c39-26-9-6-7-21-18-46(20-25(21)26)37(53)56-23-15-28-34(50)44-38(36(52)45-57(54,55)24-11-12-24)16-22(38)8-4-2-1-3-5-10-27(35(51)47(28)19-23)42-30-31(33(49)32(30)48)43-29-17-40-13-14-41-29/h4,6-9,13-14,17,22-24,27-28,42H,1-3,5,10-12,15-16,18-20H2,(H,41,43)(H,44,50)(H,45,52)/b8-4-/t22-,23-,27?,28+,38-/m1/s1. The Kier molecular flexibility index (Phi) is 10.0.